The summed E-state index contributed by atoms with van der Waals surface area (Å²) < 4.78 is 0. The Hall–Kier alpha value is -1.49. The molecule has 0 atom stereocenters. The Morgan fingerprint density at radius 2 is 1.60 bits per heavy atom. The van der Waals surface area contributed by atoms with Gasteiger partial charge in [-0.3, -0.25) is 0 Å². The maximum atomic E-state index is 5.33. The van der Waals surface area contributed by atoms with Crippen LogP contribution in [0.4, 0.5) is 11.4 Å². The van der Waals surface area contributed by atoms with Crippen molar-refractivity contribution >= 4 is 11.4 Å². The molecule has 0 amide bonds. The Morgan fingerprint density at radius 3 is 1.87 bits per heavy atom. The van der Waals surface area contributed by atoms with Gasteiger partial charge >= 0.3 is 5.69 Å². The van der Waals surface area contributed by atoms with Crippen LogP contribution in [0.3, 0.4) is 0 Å². The molecule has 1 aromatic carbocycles. The number of hydrogen-bond acceptors (Lipinski definition) is 1. The van der Waals surface area contributed by atoms with Gasteiger partial charge in [0.1, 0.15) is 0 Å². The van der Waals surface area contributed by atoms with E-state index >= 15 is 0 Å². The van der Waals surface area contributed by atoms with Crippen LogP contribution in [-0.4, -0.2) is 14.1 Å². The lowest BCUT2D eigenvalue weighted by atomic mass is 10.0. The normalized spacial score (nSPS) is 9.80. The molecule has 0 saturated carbocycles. The van der Waals surface area contributed by atoms with Crippen LogP contribution >= 0.6 is 0 Å². The molecular formula is C13H19N2+. The van der Waals surface area contributed by atoms with Crippen LogP contribution in [0.25, 0.3) is 4.85 Å². The first kappa shape index (κ1) is 11.6. The molecule has 0 aliphatic carbocycles. The smallest absolute Gasteiger partial charge is 0.340 e. The van der Waals surface area contributed by atoms with E-state index in [1.54, 1.807) is 0 Å². The van der Waals surface area contributed by atoms with Crippen LogP contribution in [-0.2, 0) is 12.8 Å². The Morgan fingerprint density at radius 1 is 1.13 bits per heavy atom. The van der Waals surface area contributed by atoms with E-state index in [1.165, 1.54) is 16.8 Å². The van der Waals surface area contributed by atoms with E-state index in [1.807, 2.05) is 0 Å². The monoisotopic (exact) mass is 203 g/mol. The molecule has 0 aliphatic heterocycles. The van der Waals surface area contributed by atoms with E-state index in [-0.39, 0.29) is 0 Å². The molecule has 1 rings (SSSR count). The van der Waals surface area contributed by atoms with Crippen molar-refractivity contribution in [3.8, 4) is 6.57 Å². The van der Waals surface area contributed by atoms with Gasteiger partial charge < -0.3 is 4.90 Å². The molecule has 0 spiro atoms. The van der Waals surface area contributed by atoms with Gasteiger partial charge in [0, 0.05) is 31.9 Å². The van der Waals surface area contributed by atoms with Crippen LogP contribution in [0.1, 0.15) is 25.0 Å². The third-order valence-corrected chi connectivity index (χ3v) is 2.61. The summed E-state index contributed by atoms with van der Waals surface area (Å²) >= 11 is 0. The molecule has 0 radical (unpaired) electrons. The van der Waals surface area contributed by atoms with Gasteiger partial charge in [0.15, 0.2) is 0 Å². The molecule has 1 aromatic rings. The summed E-state index contributed by atoms with van der Waals surface area (Å²) in [4.78, 5) is 5.93. The Bertz CT molecular complexity index is 361. The Labute approximate surface area is 92.3 Å². The Kier molecular flexibility index (Phi) is 3.74. The van der Waals surface area contributed by atoms with Crippen molar-refractivity contribution in [2.75, 3.05) is 19.0 Å². The van der Waals surface area contributed by atoms with Crippen molar-refractivity contribution in [3.05, 3.63) is 28.1 Å². The molecule has 0 fully saturated rings. The molecule has 0 aromatic heterocycles. The van der Waals surface area contributed by atoms with Gasteiger partial charge in [-0.25, -0.2) is 0 Å². The zero-order valence-corrected chi connectivity index (χ0v) is 10.0. The number of hydrogen-bond donors (Lipinski definition) is 0. The first-order valence-electron chi connectivity index (χ1n) is 5.38. The largest absolute Gasteiger partial charge is 0.377 e. The van der Waals surface area contributed by atoms with Crippen LogP contribution in [0.2, 0.25) is 0 Å². The second-order valence-corrected chi connectivity index (χ2v) is 3.84. The van der Waals surface area contributed by atoms with Crippen LogP contribution in [0.15, 0.2) is 12.1 Å². The van der Waals surface area contributed by atoms with E-state index < -0.39 is 0 Å². The lowest BCUT2D eigenvalue weighted by molar-refractivity contribution is 1.02. The molecule has 0 saturated heterocycles. The summed E-state index contributed by atoms with van der Waals surface area (Å²) in [7, 11) is 4.15. The highest BCUT2D eigenvalue weighted by Gasteiger charge is 2.14. The molecule has 15 heavy (non-hydrogen) atoms. The average molecular weight is 203 g/mol. The highest BCUT2D eigenvalue weighted by Crippen LogP contribution is 2.30. The first-order chi connectivity index (χ1) is 7.13. The SMILES string of the molecule is C#[N+]c1cc(CC)c(N(C)C)c(CC)c1. The summed E-state index contributed by atoms with van der Waals surface area (Å²) in [6.07, 6.45) is 2.01. The summed E-state index contributed by atoms with van der Waals surface area (Å²) in [5.74, 6) is 0. The number of benzene rings is 1. The van der Waals surface area contributed by atoms with Crippen LogP contribution < -0.4 is 4.90 Å². The second kappa shape index (κ2) is 4.84. The number of rotatable bonds is 3. The number of aryl methyl sites for hydroxylation is 2. The first-order valence-corrected chi connectivity index (χ1v) is 5.38. The second-order valence-electron chi connectivity index (χ2n) is 3.84. The molecule has 0 aliphatic rings. The topological polar surface area (TPSA) is 7.60 Å². The molecule has 0 unspecified atom stereocenters. The van der Waals surface area contributed by atoms with Gasteiger partial charge in [-0.1, -0.05) is 13.8 Å². The molecule has 0 N–H and O–H groups in total. The van der Waals surface area contributed by atoms with Gasteiger partial charge in [-0.05, 0) is 28.8 Å². The molecule has 0 heterocycles. The lowest BCUT2D eigenvalue weighted by Crippen LogP contribution is -2.13. The van der Waals surface area contributed by atoms with E-state index in [2.05, 4.69) is 49.8 Å². The molecular weight excluding hydrogens is 184 g/mol. The molecule has 2 nitrogen and oxygen atoms in total. The fourth-order valence-corrected chi connectivity index (χ4v) is 1.93. The summed E-state index contributed by atoms with van der Waals surface area (Å²) in [5.41, 5.74) is 4.80. The maximum Gasteiger partial charge on any atom is 0.340 e. The van der Waals surface area contributed by atoms with Gasteiger partial charge in [0.05, 0.1) is 0 Å². The van der Waals surface area contributed by atoms with Crippen molar-refractivity contribution in [2.45, 2.75) is 26.7 Å². The van der Waals surface area contributed by atoms with Crippen molar-refractivity contribution in [1.29, 1.82) is 0 Å². The predicted molar refractivity (Wildman–Crippen MR) is 67.5 cm³/mol. The lowest BCUT2D eigenvalue weighted by Gasteiger charge is -2.19. The Balaban J connectivity index is 3.41. The maximum absolute atomic E-state index is 5.33. The average Bonchev–Trinajstić information content (AvgIpc) is 2.26. The minimum atomic E-state index is 0.870. The summed E-state index contributed by atoms with van der Waals surface area (Å²) in [6.45, 7) is 9.64. The highest BCUT2D eigenvalue weighted by molar-refractivity contribution is 5.66. The van der Waals surface area contributed by atoms with E-state index in [4.69, 9.17) is 6.57 Å². The van der Waals surface area contributed by atoms with E-state index in [9.17, 15) is 0 Å². The van der Waals surface area contributed by atoms with Gasteiger partial charge in [0.25, 0.3) is 6.57 Å². The minimum absolute atomic E-state index is 0.870. The van der Waals surface area contributed by atoms with Gasteiger partial charge in [-0.2, -0.15) is 0 Å². The zero-order chi connectivity index (χ0) is 11.4. The van der Waals surface area contributed by atoms with Gasteiger partial charge in [-0.15, -0.1) is 0 Å². The van der Waals surface area contributed by atoms with Crippen molar-refractivity contribution < 1.29 is 0 Å². The molecule has 80 valence electrons. The third-order valence-electron chi connectivity index (χ3n) is 2.61. The van der Waals surface area contributed by atoms with Gasteiger partial charge in [0.2, 0.25) is 0 Å². The third kappa shape index (κ3) is 2.30. The number of anilines is 1. The highest BCUT2D eigenvalue weighted by atomic mass is 15.1. The van der Waals surface area contributed by atoms with Crippen LogP contribution in [0.5, 0.6) is 0 Å². The molecule has 0 bridgehead atoms. The quantitative estimate of drug-likeness (QED) is 0.730. The van der Waals surface area contributed by atoms with E-state index in [0.29, 0.717) is 0 Å². The zero-order valence-electron chi connectivity index (χ0n) is 10.0. The van der Waals surface area contributed by atoms with E-state index in [0.717, 1.165) is 18.5 Å². The van der Waals surface area contributed by atoms with Crippen molar-refractivity contribution in [2.24, 2.45) is 0 Å². The van der Waals surface area contributed by atoms with Crippen LogP contribution in [0, 0.1) is 6.57 Å². The fourth-order valence-electron chi connectivity index (χ4n) is 1.93. The predicted octanol–water partition coefficient (Wildman–Crippen LogP) is 3.47. The summed E-state index contributed by atoms with van der Waals surface area (Å²) in [5, 5.41) is 0. The fraction of sp³-hybridized carbons (Fsp3) is 0.462. The van der Waals surface area contributed by atoms with Crippen molar-refractivity contribution in [1.82, 2.24) is 0 Å². The molecule has 2 heteroatoms. The minimum Gasteiger partial charge on any atom is -0.377 e. The van der Waals surface area contributed by atoms with Crippen molar-refractivity contribution in [3.63, 3.8) is 0 Å². The summed E-state index contributed by atoms with van der Waals surface area (Å²) in [6, 6.07) is 4.13. The number of nitrogens with zero attached hydrogens (tertiary/aromatic N) is 2. The standard InChI is InChI=1S/C13H19N2/c1-6-10-8-12(14-3)9-11(7-2)13(10)15(4)5/h3,8-9H,6-7H2,1-2,4-5H3/q+1.